The van der Waals surface area contributed by atoms with E-state index in [4.69, 9.17) is 0 Å². The Bertz CT molecular complexity index is 1750. The van der Waals surface area contributed by atoms with E-state index in [1.54, 1.807) is 6.07 Å². The standard InChI is InChI=1S/C26H22N4O5S2/c31-23(27-16-10-11-37(34,35)13-16)18-12-15-8-9-17(14-4-3-5-14)21(22(15)29-24(18)32)25(33)30-26-28-19-6-1-2-7-20(19)36-26/h1-2,6-12,14,16H,3-5,13H2,(H,27,31)(H,29,32)(H,28,30,33)/t16-/m1/s1. The summed E-state index contributed by atoms with van der Waals surface area (Å²) < 4.78 is 24.3. The van der Waals surface area contributed by atoms with Crippen LogP contribution in [0.25, 0.3) is 21.1 Å². The average molecular weight is 535 g/mol. The monoisotopic (exact) mass is 534 g/mol. The Morgan fingerprint density at radius 2 is 1.89 bits per heavy atom. The van der Waals surface area contributed by atoms with E-state index < -0.39 is 27.3 Å². The van der Waals surface area contributed by atoms with Crippen LogP contribution < -0.4 is 16.2 Å². The number of aromatic nitrogens is 2. The largest absolute Gasteiger partial charge is 0.345 e. The van der Waals surface area contributed by atoms with Crippen LogP contribution in [0.15, 0.2) is 58.7 Å². The van der Waals surface area contributed by atoms with E-state index in [0.717, 1.165) is 40.5 Å². The smallest absolute Gasteiger partial charge is 0.261 e. The lowest BCUT2D eigenvalue weighted by Crippen LogP contribution is -2.38. The molecule has 37 heavy (non-hydrogen) atoms. The lowest BCUT2D eigenvalue weighted by Gasteiger charge is -2.28. The number of amides is 2. The van der Waals surface area contributed by atoms with Crippen LogP contribution in [-0.2, 0) is 9.84 Å². The Balaban J connectivity index is 1.37. The fraction of sp³-hybridized carbons (Fsp3) is 0.231. The minimum Gasteiger partial charge on any atom is -0.345 e. The summed E-state index contributed by atoms with van der Waals surface area (Å²) in [5, 5.41) is 7.51. The molecule has 1 aliphatic heterocycles. The third kappa shape index (κ3) is 4.44. The predicted octanol–water partition coefficient (Wildman–Crippen LogP) is 3.70. The van der Waals surface area contributed by atoms with Gasteiger partial charge in [0.2, 0.25) is 0 Å². The molecule has 0 saturated heterocycles. The first-order valence-electron chi connectivity index (χ1n) is 11.9. The number of fused-ring (bicyclic) bond motifs is 2. The molecule has 0 spiro atoms. The maximum absolute atomic E-state index is 13.6. The normalized spacial score (nSPS) is 18.6. The van der Waals surface area contributed by atoms with E-state index in [1.807, 2.05) is 30.3 Å². The minimum absolute atomic E-state index is 0.154. The zero-order chi connectivity index (χ0) is 25.7. The number of anilines is 1. The quantitative estimate of drug-likeness (QED) is 0.357. The van der Waals surface area contributed by atoms with Crippen molar-refractivity contribution < 1.29 is 18.0 Å². The number of thiazole rings is 1. The zero-order valence-corrected chi connectivity index (χ0v) is 21.1. The number of rotatable bonds is 5. The van der Waals surface area contributed by atoms with E-state index in [-0.39, 0.29) is 23.1 Å². The number of sulfone groups is 1. The van der Waals surface area contributed by atoms with Gasteiger partial charge in [0.15, 0.2) is 15.0 Å². The molecule has 2 aromatic heterocycles. The van der Waals surface area contributed by atoms with Gasteiger partial charge in [-0.25, -0.2) is 13.4 Å². The molecule has 9 nitrogen and oxygen atoms in total. The molecule has 0 bridgehead atoms. The number of para-hydroxylation sites is 1. The van der Waals surface area contributed by atoms with Gasteiger partial charge in [-0.1, -0.05) is 42.0 Å². The number of nitrogens with one attached hydrogen (secondary N) is 3. The summed E-state index contributed by atoms with van der Waals surface area (Å²) in [5.41, 5.74) is 1.55. The highest BCUT2D eigenvalue weighted by molar-refractivity contribution is 7.94. The summed E-state index contributed by atoms with van der Waals surface area (Å²) >= 11 is 1.37. The van der Waals surface area contributed by atoms with Crippen molar-refractivity contribution in [2.45, 2.75) is 31.2 Å². The second-order valence-electron chi connectivity index (χ2n) is 9.31. The lowest BCUT2D eigenvalue weighted by molar-refractivity contribution is 0.0945. The van der Waals surface area contributed by atoms with Crippen molar-refractivity contribution in [3.8, 4) is 0 Å². The van der Waals surface area contributed by atoms with E-state index in [0.29, 0.717) is 21.6 Å². The summed E-state index contributed by atoms with van der Waals surface area (Å²) in [7, 11) is -3.36. The summed E-state index contributed by atoms with van der Waals surface area (Å²) in [6.07, 6.45) is 4.37. The average Bonchev–Trinajstić information content (AvgIpc) is 3.38. The molecule has 1 atom stereocenters. The Morgan fingerprint density at radius 1 is 1.08 bits per heavy atom. The Labute approximate surface area is 215 Å². The van der Waals surface area contributed by atoms with Crippen LogP contribution in [0.5, 0.6) is 0 Å². The molecule has 1 aliphatic carbocycles. The van der Waals surface area contributed by atoms with Crippen molar-refractivity contribution in [2.75, 3.05) is 11.1 Å². The van der Waals surface area contributed by atoms with Crippen molar-refractivity contribution in [2.24, 2.45) is 0 Å². The highest BCUT2D eigenvalue weighted by Crippen LogP contribution is 2.40. The fourth-order valence-corrected chi connectivity index (χ4v) is 6.86. The molecule has 2 aromatic carbocycles. The zero-order valence-electron chi connectivity index (χ0n) is 19.5. The Morgan fingerprint density at radius 3 is 2.59 bits per heavy atom. The highest BCUT2D eigenvalue weighted by atomic mass is 32.2. The maximum atomic E-state index is 13.6. The van der Waals surface area contributed by atoms with Gasteiger partial charge < -0.3 is 10.3 Å². The summed E-state index contributed by atoms with van der Waals surface area (Å²) in [5.74, 6) is -1.09. The maximum Gasteiger partial charge on any atom is 0.261 e. The van der Waals surface area contributed by atoms with Crippen LogP contribution >= 0.6 is 11.3 Å². The van der Waals surface area contributed by atoms with Crippen LogP contribution in [0.1, 0.15) is 51.5 Å². The molecule has 0 radical (unpaired) electrons. The molecule has 1 saturated carbocycles. The van der Waals surface area contributed by atoms with Gasteiger partial charge >= 0.3 is 0 Å². The van der Waals surface area contributed by atoms with Crippen LogP contribution in [0.2, 0.25) is 0 Å². The van der Waals surface area contributed by atoms with E-state index >= 15 is 0 Å². The summed E-state index contributed by atoms with van der Waals surface area (Å²) in [6.45, 7) is 0. The van der Waals surface area contributed by atoms with Crippen LogP contribution in [0, 0.1) is 0 Å². The number of hydrogen-bond acceptors (Lipinski definition) is 7. The van der Waals surface area contributed by atoms with Gasteiger partial charge in [0, 0.05) is 5.41 Å². The predicted molar refractivity (Wildman–Crippen MR) is 143 cm³/mol. The third-order valence-corrected chi connectivity index (χ3v) is 9.18. The highest BCUT2D eigenvalue weighted by Gasteiger charge is 2.29. The van der Waals surface area contributed by atoms with Gasteiger partial charge in [-0.05, 0) is 54.0 Å². The van der Waals surface area contributed by atoms with Gasteiger partial charge in [0.05, 0.1) is 33.1 Å². The van der Waals surface area contributed by atoms with Crippen LogP contribution in [0.4, 0.5) is 5.13 Å². The molecular weight excluding hydrogens is 512 g/mol. The van der Waals surface area contributed by atoms with Crippen molar-refractivity contribution >= 4 is 59.2 Å². The van der Waals surface area contributed by atoms with Crippen LogP contribution in [0.3, 0.4) is 0 Å². The summed E-state index contributed by atoms with van der Waals surface area (Å²) in [4.78, 5) is 46.6. The molecule has 11 heteroatoms. The summed E-state index contributed by atoms with van der Waals surface area (Å²) in [6, 6.07) is 12.0. The second kappa shape index (κ2) is 8.93. The first-order chi connectivity index (χ1) is 17.8. The van der Waals surface area contributed by atoms with Crippen molar-refractivity contribution in [1.29, 1.82) is 0 Å². The molecule has 3 heterocycles. The van der Waals surface area contributed by atoms with Gasteiger partial charge in [-0.2, -0.15) is 0 Å². The molecule has 3 N–H and O–H groups in total. The number of nitrogens with zero attached hydrogens (tertiary/aromatic N) is 1. The molecule has 0 unspecified atom stereocenters. The first-order valence-corrected chi connectivity index (χ1v) is 14.4. The van der Waals surface area contributed by atoms with E-state index in [1.165, 1.54) is 23.5 Å². The molecular formula is C26H22N4O5S2. The van der Waals surface area contributed by atoms with Gasteiger partial charge in [0.1, 0.15) is 5.56 Å². The molecule has 4 aromatic rings. The number of carbonyl (C=O) groups excluding carboxylic acids is 2. The third-order valence-electron chi connectivity index (χ3n) is 6.83. The van der Waals surface area contributed by atoms with Crippen molar-refractivity contribution in [1.82, 2.24) is 15.3 Å². The Hall–Kier alpha value is -3.83. The minimum atomic E-state index is -3.36. The number of benzene rings is 2. The molecule has 6 rings (SSSR count). The number of carbonyl (C=O) groups is 2. The molecule has 2 amide bonds. The fourth-order valence-electron chi connectivity index (χ4n) is 4.76. The van der Waals surface area contributed by atoms with Gasteiger partial charge in [-0.3, -0.25) is 19.7 Å². The van der Waals surface area contributed by atoms with E-state index in [9.17, 15) is 22.8 Å². The first kappa shape index (κ1) is 23.6. The van der Waals surface area contributed by atoms with Crippen LogP contribution in [-0.4, -0.2) is 42.0 Å². The van der Waals surface area contributed by atoms with Gasteiger partial charge in [-0.15, -0.1) is 0 Å². The van der Waals surface area contributed by atoms with Crippen molar-refractivity contribution in [3.63, 3.8) is 0 Å². The number of pyridine rings is 1. The lowest BCUT2D eigenvalue weighted by atomic mass is 9.77. The van der Waals surface area contributed by atoms with E-state index in [2.05, 4.69) is 20.6 Å². The topological polar surface area (TPSA) is 138 Å². The Kier molecular flexibility index (Phi) is 5.68. The molecule has 1 fully saturated rings. The SMILES string of the molecule is O=C(N[C@@H]1C=CS(=O)(=O)C1)c1cc2ccc(C3CCC3)c(C(=O)Nc3nc4ccccc4s3)c2[nH]c1=O. The second-order valence-corrected chi connectivity index (χ2v) is 12.3. The molecule has 188 valence electrons. The molecule has 2 aliphatic rings. The van der Waals surface area contributed by atoms with Crippen molar-refractivity contribution in [3.05, 3.63) is 81.0 Å². The number of H-pyrrole nitrogens is 1. The number of aromatic amines is 1. The van der Waals surface area contributed by atoms with Gasteiger partial charge in [0.25, 0.3) is 17.4 Å². The number of hydrogen-bond donors (Lipinski definition) is 3.